The molecule has 0 spiro atoms. The van der Waals surface area contributed by atoms with Crippen molar-refractivity contribution in [1.82, 2.24) is 0 Å². The number of rotatable bonds is 17. The normalized spacial score (nSPS) is 11.4. The fraction of sp³-hybridized carbons (Fsp3) is 0.211. The number of hydrogen-bond acceptors (Lipinski definition) is 12. The maximum absolute atomic E-state index is 14.6. The van der Waals surface area contributed by atoms with Gasteiger partial charge in [0, 0.05) is 84.7 Å². The summed E-state index contributed by atoms with van der Waals surface area (Å²) < 4.78 is 44.1. The highest BCUT2D eigenvalue weighted by atomic mass is 79.9. The quantitative estimate of drug-likeness (QED) is 0.0661. The molecule has 18 nitrogen and oxygen atoms in total. The molecule has 0 aliphatic rings. The molecule has 498 valence electrons. The molecular formula is C76H68Br2FN3O15. The summed E-state index contributed by atoms with van der Waals surface area (Å²) in [7, 11) is 3.26. The zero-order valence-corrected chi connectivity index (χ0v) is 57.7. The van der Waals surface area contributed by atoms with E-state index in [2.05, 4.69) is 31.9 Å². The van der Waals surface area contributed by atoms with E-state index < -0.39 is 35.7 Å². The van der Waals surface area contributed by atoms with E-state index in [-0.39, 0.29) is 58.4 Å². The number of carboxylic acids is 3. The zero-order valence-electron chi connectivity index (χ0n) is 54.5. The predicted octanol–water partition coefficient (Wildman–Crippen LogP) is 18.1. The molecule has 0 bridgehead atoms. The number of aliphatic hydroxyl groups excluding tert-OH is 1. The molecule has 21 heteroatoms. The summed E-state index contributed by atoms with van der Waals surface area (Å²) in [6.45, 7) is 15.5. The van der Waals surface area contributed by atoms with Gasteiger partial charge in [0.05, 0.1) is 59.1 Å². The molecule has 0 unspecified atom stereocenters. The number of furan rings is 3. The summed E-state index contributed by atoms with van der Waals surface area (Å²) in [4.78, 5) is 81.2. The number of aliphatic hydroxyl groups is 1. The van der Waals surface area contributed by atoms with E-state index in [1.807, 2.05) is 96.1 Å². The molecule has 0 saturated carbocycles. The summed E-state index contributed by atoms with van der Waals surface area (Å²) in [6, 6.07) is 41.7. The van der Waals surface area contributed by atoms with Gasteiger partial charge in [-0.3, -0.25) is 14.4 Å². The van der Waals surface area contributed by atoms with Gasteiger partial charge in [0.15, 0.2) is 0 Å². The van der Waals surface area contributed by atoms with Crippen molar-refractivity contribution >= 4 is 150 Å². The van der Waals surface area contributed by atoms with Gasteiger partial charge in [0.25, 0.3) is 17.7 Å². The molecule has 3 amide bonds. The second-order valence-corrected chi connectivity index (χ2v) is 25.9. The molecule has 97 heavy (non-hydrogen) atoms. The monoisotopic (exact) mass is 1440 g/mol. The molecule has 3 heterocycles. The lowest BCUT2D eigenvalue weighted by Gasteiger charge is -2.28. The van der Waals surface area contributed by atoms with Gasteiger partial charge in [-0.15, -0.1) is 0 Å². The molecule has 4 N–H and O–H groups in total. The second-order valence-electron chi connectivity index (χ2n) is 24.1. The van der Waals surface area contributed by atoms with Crippen LogP contribution in [0.25, 0.3) is 65.8 Å². The Balaban J connectivity index is 0.000000158. The number of methoxy groups -OCH3 is 2. The molecule has 0 radical (unpaired) electrons. The number of carbonyl (C=O) groups is 6. The summed E-state index contributed by atoms with van der Waals surface area (Å²) in [5.41, 5.74) is 9.14. The predicted molar refractivity (Wildman–Crippen MR) is 379 cm³/mol. The van der Waals surface area contributed by atoms with Gasteiger partial charge in [-0.2, -0.15) is 0 Å². The van der Waals surface area contributed by atoms with Crippen molar-refractivity contribution in [2.45, 2.75) is 93.3 Å². The van der Waals surface area contributed by atoms with Crippen LogP contribution in [0.15, 0.2) is 174 Å². The van der Waals surface area contributed by atoms with Gasteiger partial charge in [-0.25, -0.2) is 18.8 Å². The number of carboxylic acid groups (broad SMARTS) is 3. The zero-order chi connectivity index (χ0) is 70.0. The Labute approximate surface area is 573 Å². The maximum atomic E-state index is 14.6. The number of ether oxygens (including phenoxy) is 2. The van der Waals surface area contributed by atoms with Crippen LogP contribution in [0.1, 0.15) is 132 Å². The van der Waals surface area contributed by atoms with E-state index in [1.54, 1.807) is 94.8 Å². The lowest BCUT2D eigenvalue weighted by atomic mass is 10.0. The van der Waals surface area contributed by atoms with E-state index >= 15 is 0 Å². The standard InChI is InChI=1S/C26H24BrNO5.C26H25NO5.C24H19BrFNO5/c1-14(2)28(25(29)17-6-7-21(27)15(3)9-17)22-11-19-18-10-16(13-32-4)5-8-23(18)33-24(19)12-20(22)26(30)31;1-15(2)27(25(28)18-8-5-16(3)6-9-18)22-12-20-19-11-17(14-31-4)7-10-23(19)32-24(20)13-21(22)26(29)30;1-12(2)27(23(29)15-5-4-14(25)8-19(15)26)20-9-17-16-7-13(11-28)3-6-21(16)32-22(17)10-18(20)24(30)31/h5-12,14H,13H2,1-4H3,(H,30,31);5-13,15H,14H2,1-4H3,(H,29,30);3-10,12,28H,11H2,1-2H3,(H,30,31). The van der Waals surface area contributed by atoms with Crippen molar-refractivity contribution in [3.05, 3.63) is 228 Å². The summed E-state index contributed by atoms with van der Waals surface area (Å²) in [6.07, 6.45) is 0. The second kappa shape index (κ2) is 29.1. The molecule has 0 fully saturated rings. The molecule has 12 aromatic rings. The number of hydrogen-bond donors (Lipinski definition) is 4. The number of aromatic carboxylic acids is 3. The number of benzene rings is 9. The lowest BCUT2D eigenvalue weighted by Crippen LogP contribution is -2.38. The maximum Gasteiger partial charge on any atom is 0.337 e. The Morgan fingerprint density at radius 3 is 1.18 bits per heavy atom. The summed E-state index contributed by atoms with van der Waals surface area (Å²) >= 11 is 6.63. The molecule has 12 rings (SSSR count). The number of amides is 3. The minimum atomic E-state index is -1.24. The number of halogens is 3. The lowest BCUT2D eigenvalue weighted by molar-refractivity contribution is 0.0686. The molecule has 0 saturated heterocycles. The van der Waals surface area contributed by atoms with Crippen LogP contribution in [0.5, 0.6) is 0 Å². The van der Waals surface area contributed by atoms with Crippen molar-refractivity contribution in [3.8, 4) is 0 Å². The first-order valence-corrected chi connectivity index (χ1v) is 32.3. The van der Waals surface area contributed by atoms with Crippen LogP contribution < -0.4 is 14.7 Å². The number of aryl methyl sites for hydroxylation is 2. The average molecular weight is 1440 g/mol. The Bertz CT molecular complexity index is 5090. The third-order valence-electron chi connectivity index (χ3n) is 16.3. The van der Waals surface area contributed by atoms with Crippen LogP contribution in [0, 0.1) is 19.7 Å². The minimum absolute atomic E-state index is 0.00885. The largest absolute Gasteiger partial charge is 0.478 e. The van der Waals surface area contributed by atoms with Crippen molar-refractivity contribution < 1.29 is 76.3 Å². The topological polar surface area (TPSA) is 251 Å². The fourth-order valence-corrected chi connectivity index (χ4v) is 12.3. The Kier molecular flexibility index (Phi) is 21.0. The summed E-state index contributed by atoms with van der Waals surface area (Å²) in [5, 5.41) is 43.7. The average Bonchev–Trinajstić information content (AvgIpc) is 1.73. The molecule has 0 aliphatic carbocycles. The molecule has 9 aromatic carbocycles. The third kappa shape index (κ3) is 14.4. The van der Waals surface area contributed by atoms with Crippen molar-refractivity contribution in [3.63, 3.8) is 0 Å². The van der Waals surface area contributed by atoms with Gasteiger partial charge >= 0.3 is 17.9 Å². The van der Waals surface area contributed by atoms with Gasteiger partial charge in [0.2, 0.25) is 0 Å². The summed E-state index contributed by atoms with van der Waals surface area (Å²) in [5.74, 6) is -5.38. The van der Waals surface area contributed by atoms with Gasteiger partial charge in [-0.1, -0.05) is 67.8 Å². The number of anilines is 3. The van der Waals surface area contributed by atoms with Gasteiger partial charge in [0.1, 0.15) is 39.3 Å². The van der Waals surface area contributed by atoms with Gasteiger partial charge in [-0.05, 0) is 199 Å². The van der Waals surface area contributed by atoms with Crippen molar-refractivity contribution in [2.75, 3.05) is 28.9 Å². The molecule has 0 aliphatic heterocycles. The molecule has 3 aromatic heterocycles. The van der Waals surface area contributed by atoms with E-state index in [1.165, 1.54) is 45.0 Å². The SMILES string of the molecule is CC(C)N(C(=O)c1ccc(Br)cc1F)c1cc2c(cc1C(=O)O)oc1ccc(CO)cc12.COCc1ccc2oc3cc(C(=O)O)c(N(C(=O)c4ccc(Br)c(C)c4)C(C)C)cc3c2c1.COCc1ccc2oc3cc(C(=O)O)c(N(C(=O)c4ccc(C)cc4)C(C)C)cc3c2c1. The van der Waals surface area contributed by atoms with Crippen LogP contribution in [0.3, 0.4) is 0 Å². The highest BCUT2D eigenvalue weighted by Crippen LogP contribution is 2.41. The Morgan fingerprint density at radius 2 is 0.804 bits per heavy atom. The number of carbonyl (C=O) groups excluding carboxylic acids is 3. The van der Waals surface area contributed by atoms with E-state index in [9.17, 15) is 53.6 Å². The van der Waals surface area contributed by atoms with E-state index in [0.29, 0.717) is 90.0 Å². The molecule has 0 atom stereocenters. The number of nitrogens with zero attached hydrogens (tertiary/aromatic N) is 3. The first-order valence-electron chi connectivity index (χ1n) is 30.8. The van der Waals surface area contributed by atoms with Crippen LogP contribution in [-0.2, 0) is 29.3 Å². The van der Waals surface area contributed by atoms with Crippen LogP contribution in [0.2, 0.25) is 0 Å². The first-order chi connectivity index (χ1) is 46.2. The van der Waals surface area contributed by atoms with E-state index in [4.69, 9.17) is 22.7 Å². The smallest absolute Gasteiger partial charge is 0.337 e. The van der Waals surface area contributed by atoms with Crippen molar-refractivity contribution in [1.29, 1.82) is 0 Å². The highest BCUT2D eigenvalue weighted by Gasteiger charge is 2.32. The fourth-order valence-electron chi connectivity index (χ4n) is 11.7. The van der Waals surface area contributed by atoms with Crippen molar-refractivity contribution in [2.24, 2.45) is 0 Å². The van der Waals surface area contributed by atoms with Crippen LogP contribution >= 0.6 is 31.9 Å². The van der Waals surface area contributed by atoms with Gasteiger partial charge < -0.3 is 57.9 Å². The highest BCUT2D eigenvalue weighted by molar-refractivity contribution is 9.10. The van der Waals surface area contributed by atoms with Crippen LogP contribution in [-0.4, -0.2) is 88.4 Å². The third-order valence-corrected chi connectivity index (χ3v) is 17.7. The van der Waals surface area contributed by atoms with Crippen LogP contribution in [0.4, 0.5) is 21.5 Å². The minimum Gasteiger partial charge on any atom is -0.478 e. The number of fused-ring (bicyclic) bond motifs is 9. The first kappa shape index (κ1) is 69.8. The Morgan fingerprint density at radius 1 is 0.433 bits per heavy atom. The Hall–Kier alpha value is -10.0. The van der Waals surface area contributed by atoms with E-state index in [0.717, 1.165) is 48.3 Å². The molecular weight excluding hydrogens is 1370 g/mol.